The van der Waals surface area contributed by atoms with Crippen LogP contribution in [0.3, 0.4) is 0 Å². The second-order valence-corrected chi connectivity index (χ2v) is 5.85. The van der Waals surface area contributed by atoms with E-state index >= 15 is 0 Å². The number of aromatic nitrogens is 1. The van der Waals surface area contributed by atoms with E-state index in [-0.39, 0.29) is 5.38 Å². The van der Waals surface area contributed by atoms with Crippen LogP contribution in [0.15, 0.2) is 24.3 Å². The Balaban J connectivity index is 2.35. The lowest BCUT2D eigenvalue weighted by Gasteiger charge is -2.06. The SMILES string of the molecule is Cc1nc(-c2ccc(C(F)(F)F)cc2)sc1[C@@H](C)Cl. The van der Waals surface area contributed by atoms with Crippen LogP contribution < -0.4 is 0 Å². The zero-order chi connectivity index (χ0) is 14.2. The van der Waals surface area contributed by atoms with Gasteiger partial charge in [0.25, 0.3) is 0 Å². The van der Waals surface area contributed by atoms with Crippen LogP contribution >= 0.6 is 22.9 Å². The summed E-state index contributed by atoms with van der Waals surface area (Å²) in [6.07, 6.45) is -4.31. The highest BCUT2D eigenvalue weighted by Crippen LogP contribution is 2.35. The van der Waals surface area contributed by atoms with E-state index < -0.39 is 11.7 Å². The predicted octanol–water partition coefficient (Wildman–Crippen LogP) is 5.44. The van der Waals surface area contributed by atoms with Gasteiger partial charge in [0.1, 0.15) is 5.01 Å². The fourth-order valence-corrected chi connectivity index (χ4v) is 2.99. The standard InChI is InChI=1S/C13H11ClF3NS/c1-7(14)11-8(2)18-12(19-11)9-3-5-10(6-4-9)13(15,16)17/h3-7H,1-2H3/t7-/m1/s1. The Morgan fingerprint density at radius 2 is 1.79 bits per heavy atom. The number of halogens is 4. The molecule has 19 heavy (non-hydrogen) atoms. The van der Waals surface area contributed by atoms with E-state index in [1.807, 2.05) is 13.8 Å². The zero-order valence-corrected chi connectivity index (χ0v) is 11.8. The highest BCUT2D eigenvalue weighted by atomic mass is 35.5. The van der Waals surface area contributed by atoms with E-state index in [0.717, 1.165) is 22.7 Å². The van der Waals surface area contributed by atoms with Crippen molar-refractivity contribution in [2.75, 3.05) is 0 Å². The molecule has 1 nitrogen and oxygen atoms in total. The van der Waals surface area contributed by atoms with Gasteiger partial charge in [-0.25, -0.2) is 4.98 Å². The molecule has 0 fully saturated rings. The van der Waals surface area contributed by atoms with Crippen molar-refractivity contribution in [3.8, 4) is 10.6 Å². The summed E-state index contributed by atoms with van der Waals surface area (Å²) in [5.41, 5.74) is 0.836. The lowest BCUT2D eigenvalue weighted by molar-refractivity contribution is -0.137. The normalized spacial score (nSPS) is 13.6. The van der Waals surface area contributed by atoms with Gasteiger partial charge in [-0.05, 0) is 26.0 Å². The Kier molecular flexibility index (Phi) is 3.87. The summed E-state index contributed by atoms with van der Waals surface area (Å²) < 4.78 is 37.4. The molecule has 0 bridgehead atoms. The smallest absolute Gasteiger partial charge is 0.241 e. The van der Waals surface area contributed by atoms with E-state index in [1.165, 1.54) is 23.5 Å². The van der Waals surface area contributed by atoms with Crippen LogP contribution in [-0.2, 0) is 6.18 Å². The molecule has 1 aromatic heterocycles. The fourth-order valence-electron chi connectivity index (χ4n) is 1.70. The second-order valence-electron chi connectivity index (χ2n) is 4.16. The number of rotatable bonds is 2. The molecule has 102 valence electrons. The number of hydrogen-bond acceptors (Lipinski definition) is 2. The maximum atomic E-state index is 12.5. The van der Waals surface area contributed by atoms with Crippen LogP contribution in [0.2, 0.25) is 0 Å². The van der Waals surface area contributed by atoms with Crippen molar-refractivity contribution < 1.29 is 13.2 Å². The maximum absolute atomic E-state index is 12.5. The molecule has 0 saturated carbocycles. The van der Waals surface area contributed by atoms with Crippen LogP contribution in [0.1, 0.15) is 28.4 Å². The van der Waals surface area contributed by atoms with Crippen LogP contribution in [0, 0.1) is 6.92 Å². The third-order valence-corrected chi connectivity index (χ3v) is 4.39. The molecule has 0 aliphatic carbocycles. The van der Waals surface area contributed by atoms with Crippen LogP contribution in [-0.4, -0.2) is 4.98 Å². The third kappa shape index (κ3) is 3.09. The van der Waals surface area contributed by atoms with Crippen molar-refractivity contribution in [1.82, 2.24) is 4.98 Å². The average Bonchev–Trinajstić information content (AvgIpc) is 2.70. The summed E-state index contributed by atoms with van der Waals surface area (Å²) >= 11 is 7.43. The largest absolute Gasteiger partial charge is 0.416 e. The van der Waals surface area contributed by atoms with Gasteiger partial charge in [0.05, 0.1) is 16.6 Å². The summed E-state index contributed by atoms with van der Waals surface area (Å²) in [7, 11) is 0. The van der Waals surface area contributed by atoms with E-state index in [1.54, 1.807) is 0 Å². The van der Waals surface area contributed by atoms with Gasteiger partial charge in [-0.1, -0.05) is 12.1 Å². The highest BCUT2D eigenvalue weighted by molar-refractivity contribution is 7.15. The highest BCUT2D eigenvalue weighted by Gasteiger charge is 2.30. The van der Waals surface area contributed by atoms with Gasteiger partial charge in [-0.3, -0.25) is 0 Å². The monoisotopic (exact) mass is 305 g/mol. The summed E-state index contributed by atoms with van der Waals surface area (Å²) in [6.45, 7) is 3.69. The van der Waals surface area contributed by atoms with E-state index in [2.05, 4.69) is 4.98 Å². The number of aryl methyl sites for hydroxylation is 1. The first-order valence-corrected chi connectivity index (χ1v) is 6.83. The topological polar surface area (TPSA) is 12.9 Å². The molecular weight excluding hydrogens is 295 g/mol. The molecule has 0 spiro atoms. The first kappa shape index (κ1) is 14.3. The number of benzene rings is 1. The fraction of sp³-hybridized carbons (Fsp3) is 0.308. The van der Waals surface area contributed by atoms with Crippen molar-refractivity contribution in [1.29, 1.82) is 0 Å². The molecule has 0 radical (unpaired) electrons. The van der Waals surface area contributed by atoms with E-state index in [0.29, 0.717) is 10.6 Å². The van der Waals surface area contributed by atoms with Gasteiger partial charge < -0.3 is 0 Å². The first-order valence-electron chi connectivity index (χ1n) is 5.58. The number of hydrogen-bond donors (Lipinski definition) is 0. The van der Waals surface area contributed by atoms with Crippen molar-refractivity contribution in [2.45, 2.75) is 25.4 Å². The third-order valence-electron chi connectivity index (χ3n) is 2.65. The number of thiazole rings is 1. The minimum atomic E-state index is -4.31. The van der Waals surface area contributed by atoms with Crippen LogP contribution in [0.25, 0.3) is 10.6 Å². The molecule has 0 aliphatic heterocycles. The molecule has 1 heterocycles. The molecule has 2 aromatic rings. The predicted molar refractivity (Wildman–Crippen MR) is 71.6 cm³/mol. The van der Waals surface area contributed by atoms with E-state index in [9.17, 15) is 13.2 Å². The molecule has 1 aromatic carbocycles. The van der Waals surface area contributed by atoms with Crippen LogP contribution in [0.4, 0.5) is 13.2 Å². The molecule has 2 rings (SSSR count). The van der Waals surface area contributed by atoms with Crippen molar-refractivity contribution in [2.24, 2.45) is 0 Å². The number of nitrogens with zero attached hydrogens (tertiary/aromatic N) is 1. The number of alkyl halides is 4. The summed E-state index contributed by atoms with van der Waals surface area (Å²) in [6, 6.07) is 5.00. The lowest BCUT2D eigenvalue weighted by Crippen LogP contribution is -2.03. The van der Waals surface area contributed by atoms with Gasteiger partial charge >= 0.3 is 6.18 Å². The van der Waals surface area contributed by atoms with Gasteiger partial charge in [-0.2, -0.15) is 13.2 Å². The minimum absolute atomic E-state index is 0.152. The second kappa shape index (κ2) is 5.13. The van der Waals surface area contributed by atoms with Crippen molar-refractivity contribution in [3.05, 3.63) is 40.4 Å². The minimum Gasteiger partial charge on any atom is -0.241 e. The maximum Gasteiger partial charge on any atom is 0.416 e. The van der Waals surface area contributed by atoms with Gasteiger partial charge in [0.2, 0.25) is 0 Å². The quantitative estimate of drug-likeness (QED) is 0.673. The van der Waals surface area contributed by atoms with Crippen molar-refractivity contribution >= 4 is 22.9 Å². The molecule has 6 heteroatoms. The molecular formula is C13H11ClF3NS. The molecule has 0 saturated heterocycles. The van der Waals surface area contributed by atoms with Crippen molar-refractivity contribution in [3.63, 3.8) is 0 Å². The Bertz CT molecular complexity index is 573. The Labute approximate surface area is 118 Å². The molecule has 0 unspecified atom stereocenters. The van der Waals surface area contributed by atoms with Crippen LogP contribution in [0.5, 0.6) is 0 Å². The molecule has 0 aliphatic rings. The summed E-state index contributed by atoms with van der Waals surface area (Å²) in [5.74, 6) is 0. The average molecular weight is 306 g/mol. The van der Waals surface area contributed by atoms with E-state index in [4.69, 9.17) is 11.6 Å². The van der Waals surface area contributed by atoms with Gasteiger partial charge in [0, 0.05) is 10.4 Å². The summed E-state index contributed by atoms with van der Waals surface area (Å²) in [4.78, 5) is 5.29. The Morgan fingerprint density at radius 1 is 1.21 bits per heavy atom. The first-order chi connectivity index (χ1) is 8.79. The van der Waals surface area contributed by atoms with Gasteiger partial charge in [-0.15, -0.1) is 22.9 Å². The lowest BCUT2D eigenvalue weighted by atomic mass is 10.1. The Morgan fingerprint density at radius 3 is 2.21 bits per heavy atom. The Hall–Kier alpha value is -1.07. The van der Waals surface area contributed by atoms with Gasteiger partial charge in [0.15, 0.2) is 0 Å². The summed E-state index contributed by atoms with van der Waals surface area (Å²) in [5, 5.41) is 0.537. The molecule has 0 N–H and O–H groups in total. The molecule has 1 atom stereocenters. The molecule has 0 amide bonds. The zero-order valence-electron chi connectivity index (χ0n) is 10.3.